The van der Waals surface area contributed by atoms with Crippen molar-refractivity contribution in [2.24, 2.45) is 0 Å². The van der Waals surface area contributed by atoms with Crippen molar-refractivity contribution in [1.29, 1.82) is 0 Å². The first kappa shape index (κ1) is 14.5. The van der Waals surface area contributed by atoms with Crippen molar-refractivity contribution in [3.63, 3.8) is 0 Å². The van der Waals surface area contributed by atoms with E-state index in [2.05, 4.69) is 0 Å². The van der Waals surface area contributed by atoms with Crippen LogP contribution in [0.3, 0.4) is 0 Å². The number of aliphatic hydroxyl groups excluding tert-OH is 1. The van der Waals surface area contributed by atoms with E-state index in [1.54, 1.807) is 12.1 Å². The molecule has 0 bridgehead atoms. The minimum atomic E-state index is -0.965. The van der Waals surface area contributed by atoms with E-state index in [9.17, 15) is 9.90 Å². The van der Waals surface area contributed by atoms with Crippen LogP contribution in [0.4, 0.5) is 0 Å². The molecule has 1 unspecified atom stereocenters. The van der Waals surface area contributed by atoms with Crippen molar-refractivity contribution in [3.05, 3.63) is 77.4 Å². The Labute approximate surface area is 128 Å². The maximum atomic E-state index is 12.2. The molecule has 0 aromatic heterocycles. The van der Waals surface area contributed by atoms with Gasteiger partial charge in [-0.2, -0.15) is 0 Å². The van der Waals surface area contributed by atoms with Crippen LogP contribution in [0.2, 0.25) is 0 Å². The maximum absolute atomic E-state index is 12.2. The summed E-state index contributed by atoms with van der Waals surface area (Å²) in [5, 5.41) is 10.7. The molecule has 1 N–H and O–H groups in total. The molecule has 1 aliphatic heterocycles. The highest BCUT2D eigenvalue weighted by molar-refractivity contribution is 6.19. The van der Waals surface area contributed by atoms with Gasteiger partial charge < -0.3 is 14.6 Å². The van der Waals surface area contributed by atoms with Crippen LogP contribution >= 0.6 is 0 Å². The lowest BCUT2D eigenvalue weighted by atomic mass is 9.94. The Morgan fingerprint density at radius 3 is 2.23 bits per heavy atom. The van der Waals surface area contributed by atoms with Crippen molar-refractivity contribution in [3.8, 4) is 0 Å². The molecule has 22 heavy (non-hydrogen) atoms. The van der Waals surface area contributed by atoms with Crippen molar-refractivity contribution >= 4 is 11.5 Å². The average molecular weight is 296 g/mol. The van der Waals surface area contributed by atoms with Crippen LogP contribution in [-0.2, 0) is 14.3 Å². The van der Waals surface area contributed by atoms with Gasteiger partial charge in [-0.05, 0) is 11.1 Å². The number of ether oxygens (including phenoxy) is 2. The topological polar surface area (TPSA) is 55.8 Å². The van der Waals surface area contributed by atoms with E-state index in [0.29, 0.717) is 22.3 Å². The van der Waals surface area contributed by atoms with Crippen LogP contribution in [0, 0.1) is 0 Å². The van der Waals surface area contributed by atoms with Crippen molar-refractivity contribution in [1.82, 2.24) is 0 Å². The zero-order valence-corrected chi connectivity index (χ0v) is 12.1. The fourth-order valence-electron chi connectivity index (χ4n) is 2.60. The summed E-state index contributed by atoms with van der Waals surface area (Å²) in [6.07, 6.45) is -1.84. The highest BCUT2D eigenvalue weighted by Gasteiger charge is 2.39. The Morgan fingerprint density at radius 1 is 1.05 bits per heavy atom. The smallest absolute Gasteiger partial charge is 0.341 e. The van der Waals surface area contributed by atoms with E-state index in [1.807, 2.05) is 48.5 Å². The van der Waals surface area contributed by atoms with Crippen molar-refractivity contribution in [2.45, 2.75) is 12.4 Å². The second kappa shape index (κ2) is 6.13. The van der Waals surface area contributed by atoms with Gasteiger partial charge in [0.15, 0.2) is 0 Å². The van der Waals surface area contributed by atoms with Gasteiger partial charge in [-0.15, -0.1) is 0 Å². The van der Waals surface area contributed by atoms with Gasteiger partial charge in [-0.1, -0.05) is 60.7 Å². The lowest BCUT2D eigenvalue weighted by molar-refractivity contribution is -0.155. The summed E-state index contributed by atoms with van der Waals surface area (Å²) in [5.74, 6) is -0.483. The molecule has 0 aliphatic carbocycles. The van der Waals surface area contributed by atoms with E-state index in [4.69, 9.17) is 9.47 Å². The van der Waals surface area contributed by atoms with Crippen molar-refractivity contribution < 1.29 is 19.4 Å². The summed E-state index contributed by atoms with van der Waals surface area (Å²) >= 11 is 0. The minimum Gasteiger partial charge on any atom is -0.428 e. The average Bonchev–Trinajstić information content (AvgIpc) is 2.92. The van der Waals surface area contributed by atoms with Crippen LogP contribution in [0.15, 0.2) is 66.2 Å². The summed E-state index contributed by atoms with van der Waals surface area (Å²) in [4.78, 5) is 12.2. The van der Waals surface area contributed by atoms with Gasteiger partial charge in [0.25, 0.3) is 0 Å². The van der Waals surface area contributed by atoms with Crippen LogP contribution in [0.25, 0.3) is 5.57 Å². The first-order chi connectivity index (χ1) is 10.7. The first-order valence-electron chi connectivity index (χ1n) is 6.98. The van der Waals surface area contributed by atoms with Gasteiger partial charge in [-0.3, -0.25) is 0 Å². The SMILES string of the molecule is CO[C@H]1OC(=O)C(c2ccccc2)=C1C(O)c1ccccc1. The lowest BCUT2D eigenvalue weighted by Gasteiger charge is -2.18. The molecule has 3 rings (SSSR count). The fourth-order valence-corrected chi connectivity index (χ4v) is 2.60. The van der Waals surface area contributed by atoms with Crippen LogP contribution < -0.4 is 0 Å². The second-order valence-electron chi connectivity index (χ2n) is 4.98. The molecule has 0 saturated carbocycles. The molecule has 0 radical (unpaired) electrons. The summed E-state index contributed by atoms with van der Waals surface area (Å²) in [6.45, 7) is 0. The molecule has 2 aromatic carbocycles. The van der Waals surface area contributed by atoms with E-state index in [1.165, 1.54) is 7.11 Å². The molecule has 2 atom stereocenters. The summed E-state index contributed by atoms with van der Waals surface area (Å²) in [6, 6.07) is 18.3. The largest absolute Gasteiger partial charge is 0.428 e. The highest BCUT2D eigenvalue weighted by Crippen LogP contribution is 2.38. The van der Waals surface area contributed by atoms with Gasteiger partial charge >= 0.3 is 5.97 Å². The molecule has 112 valence electrons. The molecule has 0 spiro atoms. The third kappa shape index (κ3) is 2.54. The number of aliphatic hydroxyl groups is 1. The fraction of sp³-hybridized carbons (Fsp3) is 0.167. The molecular weight excluding hydrogens is 280 g/mol. The summed E-state index contributed by atoms with van der Waals surface area (Å²) in [5.41, 5.74) is 2.19. The zero-order chi connectivity index (χ0) is 15.5. The van der Waals surface area contributed by atoms with Gasteiger partial charge in [0.2, 0.25) is 6.29 Å². The number of rotatable bonds is 4. The standard InChI is InChI=1S/C18H16O4/c1-21-18-15(16(19)13-10-6-3-7-11-13)14(17(20)22-18)12-8-4-2-5-9-12/h2-11,16,18-19H,1H3/t16?,18-/m0/s1. The predicted molar refractivity (Wildman–Crippen MR) is 81.7 cm³/mol. The molecular formula is C18H16O4. The molecule has 4 heteroatoms. The summed E-state index contributed by atoms with van der Waals surface area (Å²) in [7, 11) is 1.45. The first-order valence-corrected chi connectivity index (χ1v) is 6.98. The van der Waals surface area contributed by atoms with Crippen molar-refractivity contribution in [2.75, 3.05) is 7.11 Å². The van der Waals surface area contributed by atoms with Gasteiger partial charge in [0, 0.05) is 12.7 Å². The summed E-state index contributed by atoms with van der Waals surface area (Å²) < 4.78 is 10.5. The van der Waals surface area contributed by atoms with E-state index < -0.39 is 18.4 Å². The second-order valence-corrected chi connectivity index (χ2v) is 4.98. The van der Waals surface area contributed by atoms with Gasteiger partial charge in [-0.25, -0.2) is 4.79 Å². The maximum Gasteiger partial charge on any atom is 0.341 e. The minimum absolute atomic E-state index is 0.365. The number of hydrogen-bond acceptors (Lipinski definition) is 4. The van der Waals surface area contributed by atoms with Gasteiger partial charge in [0.1, 0.15) is 6.10 Å². The Hall–Kier alpha value is -2.43. The lowest BCUT2D eigenvalue weighted by Crippen LogP contribution is -2.18. The Morgan fingerprint density at radius 2 is 1.64 bits per heavy atom. The number of esters is 1. The number of methoxy groups -OCH3 is 1. The van der Waals surface area contributed by atoms with E-state index in [0.717, 1.165) is 0 Å². The number of cyclic esters (lactones) is 1. The normalized spacial score (nSPS) is 19.2. The Bertz CT molecular complexity index is 692. The molecule has 0 saturated heterocycles. The van der Waals surface area contributed by atoms with Crippen LogP contribution in [0.1, 0.15) is 17.2 Å². The number of carbonyl (C=O) groups is 1. The quantitative estimate of drug-likeness (QED) is 0.881. The third-order valence-electron chi connectivity index (χ3n) is 3.65. The molecule has 1 aliphatic rings. The predicted octanol–water partition coefficient (Wildman–Crippen LogP) is 2.70. The van der Waals surface area contributed by atoms with Crippen LogP contribution in [0.5, 0.6) is 0 Å². The number of benzene rings is 2. The van der Waals surface area contributed by atoms with Crippen LogP contribution in [-0.4, -0.2) is 24.5 Å². The number of hydrogen-bond donors (Lipinski definition) is 1. The van der Waals surface area contributed by atoms with E-state index >= 15 is 0 Å². The molecule has 4 nitrogen and oxygen atoms in total. The Balaban J connectivity index is 2.13. The third-order valence-corrected chi connectivity index (χ3v) is 3.65. The zero-order valence-electron chi connectivity index (χ0n) is 12.1. The highest BCUT2D eigenvalue weighted by atomic mass is 16.7. The molecule has 2 aromatic rings. The molecule has 1 heterocycles. The number of carbonyl (C=O) groups excluding carboxylic acids is 1. The van der Waals surface area contributed by atoms with Gasteiger partial charge in [0.05, 0.1) is 5.57 Å². The molecule has 0 fully saturated rings. The monoisotopic (exact) mass is 296 g/mol. The molecule has 0 amide bonds. The van der Waals surface area contributed by atoms with E-state index in [-0.39, 0.29) is 0 Å². The Kier molecular flexibility index (Phi) is 4.04.